The van der Waals surface area contributed by atoms with Crippen LogP contribution in [0.25, 0.3) is 10.9 Å². The lowest BCUT2D eigenvalue weighted by Gasteiger charge is -2.56. The number of esters is 1. The highest BCUT2D eigenvalue weighted by Crippen LogP contribution is 2.55. The third kappa shape index (κ3) is 3.46. The third-order valence-electron chi connectivity index (χ3n) is 7.12. The summed E-state index contributed by atoms with van der Waals surface area (Å²) in [4.78, 5) is 40.5. The Balaban J connectivity index is 1.18. The van der Waals surface area contributed by atoms with Crippen molar-refractivity contribution in [1.82, 2.24) is 15.6 Å². The number of para-hydroxylation sites is 1. The van der Waals surface area contributed by atoms with Crippen LogP contribution < -0.4 is 10.6 Å². The molecular weight excluding hydrogens is 382 g/mol. The average Bonchev–Trinajstić information content (AvgIpc) is 3.10. The van der Waals surface area contributed by atoms with E-state index in [1.54, 1.807) is 6.20 Å². The van der Waals surface area contributed by atoms with Crippen LogP contribution in [0.5, 0.6) is 0 Å². The topological polar surface area (TPSA) is 100 Å². The maximum Gasteiger partial charge on any atom is 0.341 e. The zero-order chi connectivity index (χ0) is 20.9. The molecule has 1 aromatic carbocycles. The number of carbonyl (C=O) groups is 3. The number of imide groups is 1. The summed E-state index contributed by atoms with van der Waals surface area (Å²) in [5.41, 5.74) is 1.00. The van der Waals surface area contributed by atoms with Gasteiger partial charge in [-0.3, -0.25) is 10.1 Å². The highest BCUT2D eigenvalue weighted by Gasteiger charge is 2.51. The van der Waals surface area contributed by atoms with Gasteiger partial charge in [-0.1, -0.05) is 18.2 Å². The lowest BCUT2D eigenvalue weighted by atomic mass is 9.53. The first-order valence-corrected chi connectivity index (χ1v) is 10.8. The smallest absolute Gasteiger partial charge is 0.341 e. The van der Waals surface area contributed by atoms with Gasteiger partial charge in [0.1, 0.15) is 0 Å². The number of aromatic amines is 1. The van der Waals surface area contributed by atoms with Crippen molar-refractivity contribution in [2.24, 2.45) is 17.8 Å². The van der Waals surface area contributed by atoms with Crippen LogP contribution in [-0.2, 0) is 9.53 Å². The molecule has 0 spiro atoms. The van der Waals surface area contributed by atoms with E-state index in [9.17, 15) is 14.4 Å². The molecule has 0 aliphatic heterocycles. The standard InChI is InChI=1S/C23H27N3O4/c1-13(30-21(28)18-12-24-19-5-3-2-4-17(18)19)20(27)25-22(29)26-23-9-14-6-15(10-23)8-16(7-14)11-23/h2-5,12-16,24H,6-11H2,1H3,(H2,25,26,27,29)/t13-,14?,15?,16?,23?/m1/s1. The first-order valence-electron chi connectivity index (χ1n) is 10.8. The third-order valence-corrected chi connectivity index (χ3v) is 7.12. The molecule has 0 saturated heterocycles. The summed E-state index contributed by atoms with van der Waals surface area (Å²) >= 11 is 0. The van der Waals surface area contributed by atoms with E-state index >= 15 is 0 Å². The van der Waals surface area contributed by atoms with Crippen molar-refractivity contribution >= 4 is 28.8 Å². The summed E-state index contributed by atoms with van der Waals surface area (Å²) in [7, 11) is 0. The number of hydrogen-bond donors (Lipinski definition) is 3. The number of amides is 3. The minimum absolute atomic E-state index is 0.178. The van der Waals surface area contributed by atoms with Gasteiger partial charge in [-0.15, -0.1) is 0 Å². The van der Waals surface area contributed by atoms with Crippen molar-refractivity contribution in [2.75, 3.05) is 0 Å². The Bertz CT molecular complexity index is 976. The van der Waals surface area contributed by atoms with Crippen LogP contribution >= 0.6 is 0 Å². The molecule has 4 fully saturated rings. The number of nitrogens with one attached hydrogen (secondary N) is 3. The van der Waals surface area contributed by atoms with Crippen LogP contribution in [0.2, 0.25) is 0 Å². The molecule has 4 aliphatic carbocycles. The molecule has 4 bridgehead atoms. The van der Waals surface area contributed by atoms with Crippen LogP contribution in [-0.4, -0.2) is 34.5 Å². The van der Waals surface area contributed by atoms with E-state index in [1.165, 1.54) is 26.2 Å². The fourth-order valence-electron chi connectivity index (χ4n) is 6.27. The summed E-state index contributed by atoms with van der Waals surface area (Å²) in [6.07, 6.45) is 7.35. The van der Waals surface area contributed by atoms with Crippen molar-refractivity contribution in [1.29, 1.82) is 0 Å². The zero-order valence-corrected chi connectivity index (χ0v) is 17.1. The van der Waals surface area contributed by atoms with Gasteiger partial charge in [0.05, 0.1) is 5.56 Å². The van der Waals surface area contributed by atoms with E-state index < -0.39 is 24.0 Å². The van der Waals surface area contributed by atoms with E-state index in [2.05, 4.69) is 15.6 Å². The predicted octanol–water partition coefficient (Wildman–Crippen LogP) is 3.51. The minimum atomic E-state index is -1.08. The van der Waals surface area contributed by atoms with Crippen LogP contribution in [0.1, 0.15) is 55.8 Å². The van der Waals surface area contributed by atoms with Crippen LogP contribution in [0.15, 0.2) is 30.5 Å². The minimum Gasteiger partial charge on any atom is -0.449 e. The lowest BCUT2D eigenvalue weighted by Crippen LogP contribution is -2.62. The average molecular weight is 409 g/mol. The second kappa shape index (κ2) is 7.15. The summed E-state index contributed by atoms with van der Waals surface area (Å²) in [5.74, 6) is 0.872. The normalized spacial score (nSPS) is 30.1. The number of ether oxygens (including phenoxy) is 1. The molecule has 7 nitrogen and oxygen atoms in total. The highest BCUT2D eigenvalue weighted by molar-refractivity contribution is 6.05. The van der Waals surface area contributed by atoms with Crippen molar-refractivity contribution in [3.63, 3.8) is 0 Å². The molecule has 3 amide bonds. The number of rotatable bonds is 4. The van der Waals surface area contributed by atoms with Crippen molar-refractivity contribution in [2.45, 2.75) is 57.1 Å². The molecule has 6 rings (SSSR count). The Morgan fingerprint density at radius 1 is 1.07 bits per heavy atom. The Morgan fingerprint density at radius 2 is 1.70 bits per heavy atom. The molecule has 1 heterocycles. The van der Waals surface area contributed by atoms with E-state index in [0.29, 0.717) is 23.3 Å². The highest BCUT2D eigenvalue weighted by atomic mass is 16.5. The molecule has 1 atom stereocenters. The first kappa shape index (κ1) is 19.2. The van der Waals surface area contributed by atoms with Gasteiger partial charge >= 0.3 is 12.0 Å². The van der Waals surface area contributed by atoms with Gasteiger partial charge in [0.15, 0.2) is 6.10 Å². The number of benzene rings is 1. The molecule has 4 saturated carbocycles. The van der Waals surface area contributed by atoms with Crippen molar-refractivity contribution in [3.8, 4) is 0 Å². The number of aromatic nitrogens is 1. The maximum absolute atomic E-state index is 12.5. The Morgan fingerprint density at radius 3 is 2.37 bits per heavy atom. The molecule has 7 heteroatoms. The summed E-state index contributed by atoms with van der Waals surface area (Å²) in [5, 5.41) is 6.20. The summed E-state index contributed by atoms with van der Waals surface area (Å²) in [6.45, 7) is 1.47. The zero-order valence-electron chi connectivity index (χ0n) is 17.1. The maximum atomic E-state index is 12.5. The number of urea groups is 1. The Kier molecular flexibility index (Phi) is 4.56. The predicted molar refractivity (Wildman–Crippen MR) is 111 cm³/mol. The van der Waals surface area contributed by atoms with Crippen LogP contribution in [0, 0.1) is 17.8 Å². The second-order valence-corrected chi connectivity index (χ2v) is 9.44. The SMILES string of the molecule is C[C@@H](OC(=O)c1c[nH]c2ccccc12)C(=O)NC(=O)NC12CC3CC(CC(C3)C1)C2. The van der Waals surface area contributed by atoms with Gasteiger partial charge in [0, 0.05) is 22.6 Å². The molecule has 0 unspecified atom stereocenters. The molecule has 0 radical (unpaired) electrons. The van der Waals surface area contributed by atoms with Crippen molar-refractivity contribution < 1.29 is 19.1 Å². The van der Waals surface area contributed by atoms with Gasteiger partial charge < -0.3 is 15.0 Å². The monoisotopic (exact) mass is 409 g/mol. The second-order valence-electron chi connectivity index (χ2n) is 9.44. The van der Waals surface area contributed by atoms with Gasteiger partial charge in [-0.2, -0.15) is 0 Å². The largest absolute Gasteiger partial charge is 0.449 e. The number of H-pyrrole nitrogens is 1. The van der Waals surface area contributed by atoms with Crippen molar-refractivity contribution in [3.05, 3.63) is 36.0 Å². The number of carbonyl (C=O) groups excluding carboxylic acids is 3. The van der Waals surface area contributed by atoms with Gasteiger partial charge in [-0.05, 0) is 69.3 Å². The fourth-order valence-corrected chi connectivity index (χ4v) is 6.27. The molecule has 30 heavy (non-hydrogen) atoms. The van der Waals surface area contributed by atoms with Gasteiger partial charge in [0.2, 0.25) is 0 Å². The molecule has 158 valence electrons. The fraction of sp³-hybridized carbons (Fsp3) is 0.522. The lowest BCUT2D eigenvalue weighted by molar-refractivity contribution is -0.128. The molecule has 3 N–H and O–H groups in total. The van der Waals surface area contributed by atoms with Crippen LogP contribution in [0.3, 0.4) is 0 Å². The van der Waals surface area contributed by atoms with E-state index in [4.69, 9.17) is 4.74 Å². The Labute approximate surface area is 174 Å². The summed E-state index contributed by atoms with van der Waals surface area (Å²) < 4.78 is 5.31. The summed E-state index contributed by atoms with van der Waals surface area (Å²) in [6, 6.07) is 6.88. The Hall–Kier alpha value is -2.83. The number of hydrogen-bond acceptors (Lipinski definition) is 4. The molecule has 2 aromatic rings. The van der Waals surface area contributed by atoms with E-state index in [1.807, 2.05) is 24.3 Å². The van der Waals surface area contributed by atoms with Gasteiger partial charge in [0.25, 0.3) is 5.91 Å². The molecule has 1 aromatic heterocycles. The van der Waals surface area contributed by atoms with Crippen LogP contribution in [0.4, 0.5) is 4.79 Å². The van der Waals surface area contributed by atoms with E-state index in [0.717, 1.165) is 30.2 Å². The quantitative estimate of drug-likeness (QED) is 0.673. The molecule has 4 aliphatic rings. The number of fused-ring (bicyclic) bond motifs is 1. The van der Waals surface area contributed by atoms with E-state index in [-0.39, 0.29) is 5.54 Å². The molecular formula is C23H27N3O4. The first-order chi connectivity index (χ1) is 14.4. The van der Waals surface area contributed by atoms with Gasteiger partial charge in [-0.25, -0.2) is 9.59 Å².